The summed E-state index contributed by atoms with van der Waals surface area (Å²) in [7, 11) is 3.16. The predicted molar refractivity (Wildman–Crippen MR) is 81.4 cm³/mol. The molecule has 0 fully saturated rings. The lowest BCUT2D eigenvalue weighted by Gasteiger charge is -2.09. The van der Waals surface area contributed by atoms with Crippen molar-refractivity contribution in [1.82, 2.24) is 4.98 Å². The fourth-order valence-corrected chi connectivity index (χ4v) is 1.82. The number of hydrogen-bond acceptors (Lipinski definition) is 5. The molecule has 0 saturated carbocycles. The van der Waals surface area contributed by atoms with Gasteiger partial charge in [-0.25, -0.2) is 0 Å². The molecule has 21 heavy (non-hydrogen) atoms. The molecule has 0 radical (unpaired) electrons. The monoisotopic (exact) mass is 284 g/mol. The Morgan fingerprint density at radius 2 is 1.81 bits per heavy atom. The van der Waals surface area contributed by atoms with Crippen LogP contribution in [-0.4, -0.2) is 25.5 Å². The first-order valence-electron chi connectivity index (χ1n) is 6.32. The summed E-state index contributed by atoms with van der Waals surface area (Å²) in [5.74, 6) is 1.27. The number of nitrogens with zero attached hydrogens (tertiary/aromatic N) is 1. The van der Waals surface area contributed by atoms with Gasteiger partial charge in [-0.3, -0.25) is 9.78 Å². The lowest BCUT2D eigenvalue weighted by Crippen LogP contribution is -1.95. The Kier molecular flexibility index (Phi) is 4.93. The van der Waals surface area contributed by atoms with E-state index < -0.39 is 0 Å². The summed E-state index contributed by atoms with van der Waals surface area (Å²) in [6.07, 6.45) is 5.72. The highest BCUT2D eigenvalue weighted by atomic mass is 16.5. The molecule has 2 rings (SSSR count). The topological polar surface area (TPSA) is 60.5 Å². The Balaban J connectivity index is 2.21. The van der Waals surface area contributed by atoms with E-state index in [1.54, 1.807) is 57.1 Å². The molecule has 1 aromatic carbocycles. The number of methoxy groups -OCH3 is 2. The SMILES string of the molecule is COc1ccc(N/C=C(/C=O)c2ccncc2)cc1OC. The fraction of sp³-hybridized carbons (Fsp3) is 0.125. The van der Waals surface area contributed by atoms with Gasteiger partial charge in [-0.05, 0) is 29.8 Å². The first-order chi connectivity index (χ1) is 10.3. The molecule has 0 aliphatic carbocycles. The molecule has 5 heteroatoms. The number of hydrogen-bond donors (Lipinski definition) is 1. The molecule has 0 saturated heterocycles. The Hall–Kier alpha value is -2.82. The molecular weight excluding hydrogens is 268 g/mol. The number of rotatable bonds is 6. The van der Waals surface area contributed by atoms with Gasteiger partial charge in [-0.15, -0.1) is 0 Å². The molecule has 0 atom stereocenters. The summed E-state index contributed by atoms with van der Waals surface area (Å²) in [6, 6.07) is 8.98. The summed E-state index contributed by atoms with van der Waals surface area (Å²) in [4.78, 5) is 15.1. The van der Waals surface area contributed by atoms with Gasteiger partial charge in [0.05, 0.1) is 14.2 Å². The Bertz CT molecular complexity index is 639. The van der Waals surface area contributed by atoms with Crippen LogP contribution in [0, 0.1) is 0 Å². The zero-order valence-corrected chi connectivity index (χ0v) is 11.9. The summed E-state index contributed by atoms with van der Waals surface area (Å²) >= 11 is 0. The summed E-state index contributed by atoms with van der Waals surface area (Å²) in [6.45, 7) is 0. The van der Waals surface area contributed by atoms with Crippen LogP contribution in [-0.2, 0) is 4.79 Å². The van der Waals surface area contributed by atoms with E-state index in [1.165, 1.54) is 0 Å². The first kappa shape index (κ1) is 14.6. The third-order valence-electron chi connectivity index (χ3n) is 2.92. The van der Waals surface area contributed by atoms with E-state index in [2.05, 4.69) is 10.3 Å². The number of ether oxygens (including phenoxy) is 2. The number of carbonyl (C=O) groups is 1. The van der Waals surface area contributed by atoms with Gasteiger partial charge in [0.15, 0.2) is 17.8 Å². The lowest BCUT2D eigenvalue weighted by atomic mass is 10.1. The predicted octanol–water partition coefficient (Wildman–Crippen LogP) is 2.75. The molecule has 1 heterocycles. The van der Waals surface area contributed by atoms with Crippen molar-refractivity contribution in [2.24, 2.45) is 0 Å². The quantitative estimate of drug-likeness (QED) is 0.653. The zero-order valence-electron chi connectivity index (χ0n) is 11.9. The van der Waals surface area contributed by atoms with Crippen LogP contribution in [0.25, 0.3) is 5.57 Å². The van der Waals surface area contributed by atoms with Gasteiger partial charge in [0.1, 0.15) is 0 Å². The number of aromatic nitrogens is 1. The van der Waals surface area contributed by atoms with E-state index in [1.807, 2.05) is 6.07 Å². The molecule has 108 valence electrons. The Morgan fingerprint density at radius 3 is 2.43 bits per heavy atom. The third-order valence-corrected chi connectivity index (χ3v) is 2.92. The van der Waals surface area contributed by atoms with Gasteiger partial charge < -0.3 is 14.8 Å². The molecule has 1 aromatic heterocycles. The number of anilines is 1. The molecule has 0 aliphatic heterocycles. The molecular formula is C16H16N2O3. The number of carbonyl (C=O) groups excluding carboxylic acids is 1. The number of benzene rings is 1. The highest BCUT2D eigenvalue weighted by molar-refractivity contribution is 6.07. The first-order valence-corrected chi connectivity index (χ1v) is 6.32. The fourth-order valence-electron chi connectivity index (χ4n) is 1.82. The smallest absolute Gasteiger partial charge is 0.162 e. The second kappa shape index (κ2) is 7.09. The maximum absolute atomic E-state index is 11.2. The summed E-state index contributed by atoms with van der Waals surface area (Å²) < 4.78 is 10.4. The van der Waals surface area contributed by atoms with E-state index in [0.29, 0.717) is 17.1 Å². The lowest BCUT2D eigenvalue weighted by molar-refractivity contribution is -0.103. The van der Waals surface area contributed by atoms with Crippen molar-refractivity contribution in [3.8, 4) is 11.5 Å². The van der Waals surface area contributed by atoms with Crippen LogP contribution in [0.1, 0.15) is 5.56 Å². The van der Waals surface area contributed by atoms with Crippen LogP contribution in [0.5, 0.6) is 11.5 Å². The highest BCUT2D eigenvalue weighted by Crippen LogP contribution is 2.29. The summed E-state index contributed by atoms with van der Waals surface area (Å²) in [5.41, 5.74) is 2.13. The van der Waals surface area contributed by atoms with Crippen molar-refractivity contribution in [3.05, 3.63) is 54.5 Å². The van der Waals surface area contributed by atoms with Crippen LogP contribution < -0.4 is 14.8 Å². The van der Waals surface area contributed by atoms with Crippen molar-refractivity contribution in [2.45, 2.75) is 0 Å². The largest absolute Gasteiger partial charge is 0.493 e. The normalized spacial score (nSPS) is 10.9. The third kappa shape index (κ3) is 3.60. The number of aldehydes is 1. The van der Waals surface area contributed by atoms with Crippen molar-refractivity contribution >= 4 is 17.5 Å². The van der Waals surface area contributed by atoms with Crippen LogP contribution >= 0.6 is 0 Å². The van der Waals surface area contributed by atoms with E-state index in [0.717, 1.165) is 17.5 Å². The van der Waals surface area contributed by atoms with Gasteiger partial charge in [0.25, 0.3) is 0 Å². The van der Waals surface area contributed by atoms with Crippen molar-refractivity contribution in [2.75, 3.05) is 19.5 Å². The van der Waals surface area contributed by atoms with Crippen molar-refractivity contribution < 1.29 is 14.3 Å². The number of allylic oxidation sites excluding steroid dienone is 1. The van der Waals surface area contributed by atoms with E-state index in [4.69, 9.17) is 9.47 Å². The van der Waals surface area contributed by atoms with Crippen LogP contribution in [0.15, 0.2) is 48.9 Å². The number of nitrogens with one attached hydrogen (secondary N) is 1. The average molecular weight is 284 g/mol. The zero-order chi connectivity index (χ0) is 15.1. The molecule has 2 aromatic rings. The second-order valence-electron chi connectivity index (χ2n) is 4.17. The van der Waals surface area contributed by atoms with Crippen LogP contribution in [0.2, 0.25) is 0 Å². The number of pyridine rings is 1. The molecule has 5 nitrogen and oxygen atoms in total. The second-order valence-corrected chi connectivity index (χ2v) is 4.17. The summed E-state index contributed by atoms with van der Waals surface area (Å²) in [5, 5.41) is 3.07. The van der Waals surface area contributed by atoms with E-state index >= 15 is 0 Å². The minimum absolute atomic E-state index is 0.534. The van der Waals surface area contributed by atoms with Gasteiger partial charge in [0, 0.05) is 35.9 Å². The molecule has 1 N–H and O–H groups in total. The molecule has 0 amide bonds. The van der Waals surface area contributed by atoms with Crippen LogP contribution in [0.3, 0.4) is 0 Å². The maximum Gasteiger partial charge on any atom is 0.162 e. The Labute approximate surface area is 123 Å². The van der Waals surface area contributed by atoms with Crippen LogP contribution in [0.4, 0.5) is 5.69 Å². The van der Waals surface area contributed by atoms with E-state index in [9.17, 15) is 4.79 Å². The van der Waals surface area contributed by atoms with Gasteiger partial charge in [-0.2, -0.15) is 0 Å². The molecule has 0 bridgehead atoms. The van der Waals surface area contributed by atoms with E-state index in [-0.39, 0.29) is 0 Å². The average Bonchev–Trinajstić information content (AvgIpc) is 2.56. The van der Waals surface area contributed by atoms with Gasteiger partial charge in [0.2, 0.25) is 0 Å². The van der Waals surface area contributed by atoms with Crippen molar-refractivity contribution in [1.29, 1.82) is 0 Å². The minimum Gasteiger partial charge on any atom is -0.493 e. The van der Waals surface area contributed by atoms with Gasteiger partial charge in [-0.1, -0.05) is 0 Å². The van der Waals surface area contributed by atoms with Gasteiger partial charge >= 0.3 is 0 Å². The standard InChI is InChI=1S/C16H16N2O3/c1-20-15-4-3-14(9-16(15)21-2)18-10-13(11-19)12-5-7-17-8-6-12/h3-11,18H,1-2H3/b13-10-. The molecule has 0 spiro atoms. The minimum atomic E-state index is 0.534. The molecule has 0 aliphatic rings. The highest BCUT2D eigenvalue weighted by Gasteiger charge is 2.04. The van der Waals surface area contributed by atoms with Crippen molar-refractivity contribution in [3.63, 3.8) is 0 Å². The Morgan fingerprint density at radius 1 is 1.10 bits per heavy atom. The molecule has 0 unspecified atom stereocenters. The maximum atomic E-state index is 11.2.